The van der Waals surface area contributed by atoms with E-state index in [0.29, 0.717) is 6.04 Å². The lowest BCUT2D eigenvalue weighted by Gasteiger charge is -2.23. The van der Waals surface area contributed by atoms with Crippen molar-refractivity contribution in [3.05, 3.63) is 0 Å². The van der Waals surface area contributed by atoms with Gasteiger partial charge in [-0.1, -0.05) is 0 Å². The van der Waals surface area contributed by atoms with Crippen LogP contribution in [0.25, 0.3) is 0 Å². The Kier molecular flexibility index (Phi) is 4.22. The van der Waals surface area contributed by atoms with Gasteiger partial charge in [-0.3, -0.25) is 0 Å². The second kappa shape index (κ2) is 5.69. The lowest BCUT2D eigenvalue weighted by atomic mass is 10.1. The molecule has 0 bridgehead atoms. The Labute approximate surface area is 86.6 Å². The molecule has 0 aliphatic carbocycles. The van der Waals surface area contributed by atoms with Crippen LogP contribution in [0.2, 0.25) is 0 Å². The van der Waals surface area contributed by atoms with Crippen molar-refractivity contribution in [2.45, 2.75) is 44.2 Å². The molecule has 2 heterocycles. The highest BCUT2D eigenvalue weighted by Gasteiger charge is 2.15. The summed E-state index contributed by atoms with van der Waals surface area (Å²) in [6.45, 7) is 4.28. The molecule has 14 heavy (non-hydrogen) atoms. The molecular weight excluding hydrogens is 176 g/mol. The van der Waals surface area contributed by atoms with Gasteiger partial charge in [0, 0.05) is 25.3 Å². The predicted molar refractivity (Wildman–Crippen MR) is 57.5 cm³/mol. The quantitative estimate of drug-likeness (QED) is 0.704. The summed E-state index contributed by atoms with van der Waals surface area (Å²) >= 11 is 0. The maximum atomic E-state index is 5.33. The van der Waals surface area contributed by atoms with E-state index in [1.807, 2.05) is 0 Å². The first-order valence-electron chi connectivity index (χ1n) is 5.99. The first kappa shape index (κ1) is 10.4. The van der Waals surface area contributed by atoms with Crippen molar-refractivity contribution >= 4 is 0 Å². The summed E-state index contributed by atoms with van der Waals surface area (Å²) in [6, 6.07) is 1.49. The summed E-state index contributed by atoms with van der Waals surface area (Å²) in [4.78, 5) is 0. The van der Waals surface area contributed by atoms with Crippen molar-refractivity contribution in [1.29, 1.82) is 0 Å². The molecule has 2 fully saturated rings. The minimum atomic E-state index is 0.713. The minimum Gasteiger partial charge on any atom is -0.381 e. The molecule has 2 aliphatic rings. The van der Waals surface area contributed by atoms with Crippen LogP contribution in [0.5, 0.6) is 0 Å². The molecule has 82 valence electrons. The first-order chi connectivity index (χ1) is 6.95. The van der Waals surface area contributed by atoms with Crippen LogP contribution in [0.15, 0.2) is 0 Å². The summed E-state index contributed by atoms with van der Waals surface area (Å²) < 4.78 is 5.33. The highest BCUT2D eigenvalue weighted by Crippen LogP contribution is 2.09. The lowest BCUT2D eigenvalue weighted by Crippen LogP contribution is -2.37. The van der Waals surface area contributed by atoms with E-state index in [2.05, 4.69) is 10.6 Å². The second-order valence-electron chi connectivity index (χ2n) is 4.42. The normalized spacial score (nSPS) is 29.6. The molecule has 0 radical (unpaired) electrons. The fraction of sp³-hybridized carbons (Fsp3) is 1.00. The van der Waals surface area contributed by atoms with Crippen LogP contribution in [0.3, 0.4) is 0 Å². The zero-order valence-electron chi connectivity index (χ0n) is 8.93. The molecule has 2 N–H and O–H groups in total. The molecular formula is C11H22N2O. The number of hydrogen-bond acceptors (Lipinski definition) is 3. The third-order valence-electron chi connectivity index (χ3n) is 3.31. The van der Waals surface area contributed by atoms with E-state index < -0.39 is 0 Å². The molecule has 2 rings (SSSR count). The lowest BCUT2D eigenvalue weighted by molar-refractivity contribution is 0.0779. The van der Waals surface area contributed by atoms with E-state index in [-0.39, 0.29) is 0 Å². The smallest absolute Gasteiger partial charge is 0.0480 e. The van der Waals surface area contributed by atoms with Crippen LogP contribution >= 0.6 is 0 Å². The molecule has 2 saturated heterocycles. The van der Waals surface area contributed by atoms with Crippen LogP contribution < -0.4 is 10.6 Å². The Bertz CT molecular complexity index is 151. The van der Waals surface area contributed by atoms with Crippen molar-refractivity contribution in [3.8, 4) is 0 Å². The SMILES string of the molecule is C1CNC(CCNC2CCOCC2)C1. The van der Waals surface area contributed by atoms with E-state index in [1.165, 1.54) is 45.2 Å². The van der Waals surface area contributed by atoms with Crippen LogP contribution in [0.1, 0.15) is 32.1 Å². The Morgan fingerprint density at radius 1 is 1.21 bits per heavy atom. The summed E-state index contributed by atoms with van der Waals surface area (Å²) in [6.07, 6.45) is 6.41. The number of rotatable bonds is 4. The summed E-state index contributed by atoms with van der Waals surface area (Å²) in [5, 5.41) is 7.16. The average Bonchev–Trinajstić information content (AvgIpc) is 2.72. The van der Waals surface area contributed by atoms with E-state index in [4.69, 9.17) is 4.74 Å². The van der Waals surface area contributed by atoms with Gasteiger partial charge in [0.2, 0.25) is 0 Å². The fourth-order valence-electron chi connectivity index (χ4n) is 2.37. The monoisotopic (exact) mass is 198 g/mol. The molecule has 0 spiro atoms. The van der Waals surface area contributed by atoms with Crippen LogP contribution in [-0.2, 0) is 4.74 Å². The van der Waals surface area contributed by atoms with Gasteiger partial charge in [0.1, 0.15) is 0 Å². The fourth-order valence-corrected chi connectivity index (χ4v) is 2.37. The average molecular weight is 198 g/mol. The number of nitrogens with one attached hydrogen (secondary N) is 2. The summed E-state index contributed by atoms with van der Waals surface area (Å²) in [5.41, 5.74) is 0. The van der Waals surface area contributed by atoms with Gasteiger partial charge in [-0.25, -0.2) is 0 Å². The van der Waals surface area contributed by atoms with Crippen LogP contribution in [0.4, 0.5) is 0 Å². The molecule has 2 aliphatic heterocycles. The van der Waals surface area contributed by atoms with E-state index in [1.54, 1.807) is 0 Å². The van der Waals surface area contributed by atoms with Crippen molar-refractivity contribution in [2.75, 3.05) is 26.3 Å². The zero-order chi connectivity index (χ0) is 9.64. The van der Waals surface area contributed by atoms with Crippen molar-refractivity contribution in [2.24, 2.45) is 0 Å². The molecule has 0 aromatic rings. The topological polar surface area (TPSA) is 33.3 Å². The Hall–Kier alpha value is -0.120. The largest absolute Gasteiger partial charge is 0.381 e. The van der Waals surface area contributed by atoms with Gasteiger partial charge in [-0.2, -0.15) is 0 Å². The van der Waals surface area contributed by atoms with E-state index >= 15 is 0 Å². The van der Waals surface area contributed by atoms with Crippen molar-refractivity contribution < 1.29 is 4.74 Å². The van der Waals surface area contributed by atoms with E-state index in [9.17, 15) is 0 Å². The summed E-state index contributed by atoms with van der Waals surface area (Å²) in [7, 11) is 0. The second-order valence-corrected chi connectivity index (χ2v) is 4.42. The molecule has 0 aromatic carbocycles. The van der Waals surface area contributed by atoms with Gasteiger partial charge in [0.05, 0.1) is 0 Å². The van der Waals surface area contributed by atoms with Crippen molar-refractivity contribution in [1.82, 2.24) is 10.6 Å². The van der Waals surface area contributed by atoms with Crippen LogP contribution in [0, 0.1) is 0 Å². The highest BCUT2D eigenvalue weighted by atomic mass is 16.5. The number of hydrogen-bond donors (Lipinski definition) is 2. The third-order valence-corrected chi connectivity index (χ3v) is 3.31. The Balaban J connectivity index is 1.52. The van der Waals surface area contributed by atoms with Gasteiger partial charge < -0.3 is 15.4 Å². The van der Waals surface area contributed by atoms with Gasteiger partial charge >= 0.3 is 0 Å². The van der Waals surface area contributed by atoms with Crippen LogP contribution in [-0.4, -0.2) is 38.4 Å². The standard InChI is InChI=1S/C11H22N2O/c1-2-10(12-6-1)3-7-13-11-4-8-14-9-5-11/h10-13H,1-9H2. The van der Waals surface area contributed by atoms with Gasteiger partial charge in [0.25, 0.3) is 0 Å². The zero-order valence-corrected chi connectivity index (χ0v) is 8.93. The van der Waals surface area contributed by atoms with Gasteiger partial charge in [-0.15, -0.1) is 0 Å². The molecule has 0 saturated carbocycles. The first-order valence-corrected chi connectivity index (χ1v) is 5.99. The maximum absolute atomic E-state index is 5.33. The number of ether oxygens (including phenoxy) is 1. The Morgan fingerprint density at radius 3 is 2.79 bits per heavy atom. The molecule has 0 amide bonds. The Morgan fingerprint density at radius 2 is 2.07 bits per heavy atom. The third kappa shape index (κ3) is 3.23. The highest BCUT2D eigenvalue weighted by molar-refractivity contribution is 4.76. The molecule has 1 atom stereocenters. The summed E-state index contributed by atoms with van der Waals surface area (Å²) in [5.74, 6) is 0. The molecule has 3 nitrogen and oxygen atoms in total. The predicted octanol–water partition coefficient (Wildman–Crippen LogP) is 0.897. The minimum absolute atomic E-state index is 0.713. The molecule has 3 heteroatoms. The van der Waals surface area contributed by atoms with Crippen molar-refractivity contribution in [3.63, 3.8) is 0 Å². The van der Waals surface area contributed by atoms with Gasteiger partial charge in [0.15, 0.2) is 0 Å². The maximum Gasteiger partial charge on any atom is 0.0480 e. The van der Waals surface area contributed by atoms with E-state index in [0.717, 1.165) is 19.3 Å². The molecule has 0 aromatic heterocycles. The molecule has 1 unspecified atom stereocenters. The van der Waals surface area contributed by atoms with Gasteiger partial charge in [-0.05, 0) is 45.2 Å².